The van der Waals surface area contributed by atoms with Crippen LogP contribution in [0.5, 0.6) is 0 Å². The Bertz CT molecular complexity index is 500. The third-order valence-electron chi connectivity index (χ3n) is 3.14. The van der Waals surface area contributed by atoms with Gasteiger partial charge in [-0.3, -0.25) is 0 Å². The number of H-pyrrole nitrogens is 1. The molecule has 0 radical (unpaired) electrons. The average molecular weight is 219 g/mol. The second-order valence-electron chi connectivity index (χ2n) is 4.32. The van der Waals surface area contributed by atoms with Crippen LogP contribution in [0.25, 0.3) is 11.0 Å². The Kier molecular flexibility index (Phi) is 2.36. The normalized spacial score (nSPS) is 21.4. The largest absolute Gasteiger partial charge is 0.342 e. The minimum absolute atomic E-state index is 0.283. The van der Waals surface area contributed by atoms with Crippen LogP contribution in [-0.4, -0.2) is 16.5 Å². The molecule has 84 valence electrons. The van der Waals surface area contributed by atoms with Crippen LogP contribution in [0.3, 0.4) is 0 Å². The summed E-state index contributed by atoms with van der Waals surface area (Å²) in [6.07, 6.45) is 4.87. The van der Waals surface area contributed by atoms with Crippen LogP contribution in [0.1, 0.15) is 31.0 Å². The Labute approximate surface area is 93.1 Å². The molecule has 3 nitrogen and oxygen atoms in total. The number of piperidine rings is 1. The molecule has 1 saturated heterocycles. The van der Waals surface area contributed by atoms with Gasteiger partial charge in [0.25, 0.3) is 0 Å². The van der Waals surface area contributed by atoms with Crippen LogP contribution in [0.4, 0.5) is 4.39 Å². The van der Waals surface area contributed by atoms with E-state index in [1.165, 1.54) is 25.1 Å². The second kappa shape index (κ2) is 3.87. The summed E-state index contributed by atoms with van der Waals surface area (Å²) in [5, 5.41) is 4.31. The summed E-state index contributed by atoms with van der Waals surface area (Å²) in [5.74, 6) is -0.283. The molecule has 0 aliphatic carbocycles. The molecular formula is C12H14FN3. The molecule has 2 aromatic rings. The predicted octanol–water partition coefficient (Wildman–Crippen LogP) is 2.52. The van der Waals surface area contributed by atoms with E-state index in [2.05, 4.69) is 15.3 Å². The Morgan fingerprint density at radius 2 is 2.25 bits per heavy atom. The first-order valence-electron chi connectivity index (χ1n) is 5.70. The van der Waals surface area contributed by atoms with E-state index in [9.17, 15) is 4.39 Å². The lowest BCUT2D eigenvalue weighted by molar-refractivity contribution is 0.407. The Balaban J connectivity index is 1.97. The monoisotopic (exact) mass is 219 g/mol. The van der Waals surface area contributed by atoms with Crippen LogP contribution < -0.4 is 5.32 Å². The van der Waals surface area contributed by atoms with E-state index in [1.54, 1.807) is 0 Å². The molecule has 2 aromatic heterocycles. The number of pyridine rings is 1. The van der Waals surface area contributed by atoms with Gasteiger partial charge in [0.2, 0.25) is 0 Å². The Hall–Kier alpha value is -1.42. The zero-order valence-corrected chi connectivity index (χ0v) is 8.96. The van der Waals surface area contributed by atoms with Crippen molar-refractivity contribution in [3.8, 4) is 0 Å². The quantitative estimate of drug-likeness (QED) is 0.773. The average Bonchev–Trinajstić information content (AvgIpc) is 2.73. The molecule has 1 fully saturated rings. The molecule has 0 saturated carbocycles. The Morgan fingerprint density at radius 1 is 1.31 bits per heavy atom. The molecule has 1 atom stereocenters. The van der Waals surface area contributed by atoms with Crippen molar-refractivity contribution in [3.63, 3.8) is 0 Å². The number of nitrogens with one attached hydrogen (secondary N) is 2. The SMILES string of the molecule is Fc1cnc2[nH]c(C3CCCCN3)cc2c1. The highest BCUT2D eigenvalue weighted by molar-refractivity contribution is 5.76. The molecule has 3 heterocycles. The lowest BCUT2D eigenvalue weighted by Crippen LogP contribution is -2.26. The van der Waals surface area contributed by atoms with Gasteiger partial charge in [-0.05, 0) is 31.5 Å². The number of nitrogens with zero attached hydrogens (tertiary/aromatic N) is 1. The molecule has 2 N–H and O–H groups in total. The molecule has 4 heteroatoms. The van der Waals surface area contributed by atoms with Gasteiger partial charge in [0, 0.05) is 17.1 Å². The van der Waals surface area contributed by atoms with Crippen molar-refractivity contribution < 1.29 is 4.39 Å². The minimum atomic E-state index is -0.283. The maximum absolute atomic E-state index is 13.0. The van der Waals surface area contributed by atoms with Gasteiger partial charge in [-0.1, -0.05) is 6.42 Å². The zero-order chi connectivity index (χ0) is 11.0. The van der Waals surface area contributed by atoms with E-state index in [-0.39, 0.29) is 5.82 Å². The second-order valence-corrected chi connectivity index (χ2v) is 4.32. The molecular weight excluding hydrogens is 205 g/mol. The summed E-state index contributed by atoms with van der Waals surface area (Å²) >= 11 is 0. The number of hydrogen-bond acceptors (Lipinski definition) is 2. The fourth-order valence-corrected chi connectivity index (χ4v) is 2.31. The summed E-state index contributed by atoms with van der Waals surface area (Å²) in [7, 11) is 0. The number of fused-ring (bicyclic) bond motifs is 1. The lowest BCUT2D eigenvalue weighted by atomic mass is 10.0. The van der Waals surface area contributed by atoms with Crippen molar-refractivity contribution in [1.29, 1.82) is 0 Å². The molecule has 3 rings (SSSR count). The van der Waals surface area contributed by atoms with Crippen molar-refractivity contribution in [2.45, 2.75) is 25.3 Å². The maximum atomic E-state index is 13.0. The predicted molar refractivity (Wildman–Crippen MR) is 60.6 cm³/mol. The summed E-state index contributed by atoms with van der Waals surface area (Å²) in [4.78, 5) is 7.29. The van der Waals surface area contributed by atoms with Crippen LogP contribution in [-0.2, 0) is 0 Å². The summed E-state index contributed by atoms with van der Waals surface area (Å²) in [6, 6.07) is 3.88. The third-order valence-corrected chi connectivity index (χ3v) is 3.14. The van der Waals surface area contributed by atoms with Gasteiger partial charge in [-0.15, -0.1) is 0 Å². The minimum Gasteiger partial charge on any atom is -0.342 e. The molecule has 0 aromatic carbocycles. The molecule has 0 bridgehead atoms. The number of aromatic amines is 1. The summed E-state index contributed by atoms with van der Waals surface area (Å²) < 4.78 is 13.0. The van der Waals surface area contributed by atoms with Crippen molar-refractivity contribution in [2.24, 2.45) is 0 Å². The van der Waals surface area contributed by atoms with E-state index >= 15 is 0 Å². The molecule has 0 amide bonds. The van der Waals surface area contributed by atoms with E-state index in [0.29, 0.717) is 6.04 Å². The fourth-order valence-electron chi connectivity index (χ4n) is 2.31. The standard InChI is InChI=1S/C12H14FN3/c13-9-5-8-6-11(16-12(8)15-7-9)10-3-1-2-4-14-10/h5-7,10,14H,1-4H2,(H,15,16). The first-order valence-corrected chi connectivity index (χ1v) is 5.70. The molecule has 1 aliphatic heterocycles. The van der Waals surface area contributed by atoms with Gasteiger partial charge in [-0.2, -0.15) is 0 Å². The van der Waals surface area contributed by atoms with Crippen molar-refractivity contribution in [1.82, 2.24) is 15.3 Å². The maximum Gasteiger partial charge on any atom is 0.142 e. The third kappa shape index (κ3) is 1.69. The Morgan fingerprint density at radius 3 is 3.06 bits per heavy atom. The zero-order valence-electron chi connectivity index (χ0n) is 8.96. The number of hydrogen-bond donors (Lipinski definition) is 2. The first-order chi connectivity index (χ1) is 7.83. The van der Waals surface area contributed by atoms with E-state index in [4.69, 9.17) is 0 Å². The lowest BCUT2D eigenvalue weighted by Gasteiger charge is -2.22. The molecule has 1 unspecified atom stereocenters. The van der Waals surface area contributed by atoms with Crippen LogP contribution >= 0.6 is 0 Å². The van der Waals surface area contributed by atoms with Crippen LogP contribution in [0, 0.1) is 5.82 Å². The van der Waals surface area contributed by atoms with Crippen LogP contribution in [0.2, 0.25) is 0 Å². The van der Waals surface area contributed by atoms with Crippen LogP contribution in [0.15, 0.2) is 18.3 Å². The van der Waals surface area contributed by atoms with Gasteiger partial charge in [0.15, 0.2) is 0 Å². The topological polar surface area (TPSA) is 40.7 Å². The van der Waals surface area contributed by atoms with Gasteiger partial charge in [0.1, 0.15) is 11.5 Å². The number of halogens is 1. The molecule has 0 spiro atoms. The number of rotatable bonds is 1. The number of aromatic nitrogens is 2. The highest BCUT2D eigenvalue weighted by Crippen LogP contribution is 2.25. The van der Waals surface area contributed by atoms with Gasteiger partial charge >= 0.3 is 0 Å². The first kappa shape index (κ1) is 9.78. The highest BCUT2D eigenvalue weighted by atomic mass is 19.1. The van der Waals surface area contributed by atoms with Crippen molar-refractivity contribution in [2.75, 3.05) is 6.54 Å². The van der Waals surface area contributed by atoms with Crippen molar-refractivity contribution in [3.05, 3.63) is 29.8 Å². The molecule has 16 heavy (non-hydrogen) atoms. The van der Waals surface area contributed by atoms with E-state index in [1.807, 2.05) is 6.07 Å². The highest BCUT2D eigenvalue weighted by Gasteiger charge is 2.16. The fraction of sp³-hybridized carbons (Fsp3) is 0.417. The van der Waals surface area contributed by atoms with E-state index < -0.39 is 0 Å². The van der Waals surface area contributed by atoms with Gasteiger partial charge in [0.05, 0.1) is 6.20 Å². The smallest absolute Gasteiger partial charge is 0.142 e. The van der Waals surface area contributed by atoms with E-state index in [0.717, 1.165) is 29.7 Å². The summed E-state index contributed by atoms with van der Waals surface area (Å²) in [5.41, 5.74) is 1.89. The molecule has 1 aliphatic rings. The van der Waals surface area contributed by atoms with Gasteiger partial charge < -0.3 is 10.3 Å². The summed E-state index contributed by atoms with van der Waals surface area (Å²) in [6.45, 7) is 1.06. The van der Waals surface area contributed by atoms with Gasteiger partial charge in [-0.25, -0.2) is 9.37 Å². The van der Waals surface area contributed by atoms with Crippen molar-refractivity contribution >= 4 is 11.0 Å².